The molecular weight excluding hydrogens is 522 g/mol. The molecule has 212 valence electrons. The zero-order chi connectivity index (χ0) is 28.3. The maximum atomic E-state index is 14.1. The van der Waals surface area contributed by atoms with E-state index in [4.69, 9.17) is 9.47 Å². The minimum absolute atomic E-state index is 0.0459. The summed E-state index contributed by atoms with van der Waals surface area (Å²) >= 11 is 1.56. The van der Waals surface area contributed by atoms with Crippen LogP contribution in [-0.4, -0.2) is 65.5 Å². The maximum absolute atomic E-state index is 14.1. The van der Waals surface area contributed by atoms with Crippen molar-refractivity contribution in [3.05, 3.63) is 51.2 Å². The number of nitrogens with zero attached hydrogens (tertiary/aromatic N) is 3. The Morgan fingerprint density at radius 2 is 1.80 bits per heavy atom. The molecule has 8 heteroatoms. The lowest BCUT2D eigenvalue weighted by molar-refractivity contribution is -0.123. The fourth-order valence-corrected chi connectivity index (χ4v) is 7.79. The molecule has 0 unspecified atom stereocenters. The summed E-state index contributed by atoms with van der Waals surface area (Å²) in [5.41, 5.74) is 8.05. The predicted molar refractivity (Wildman–Crippen MR) is 157 cm³/mol. The molecule has 7 nitrogen and oxygen atoms in total. The van der Waals surface area contributed by atoms with Gasteiger partial charge in [0.15, 0.2) is 17.3 Å². The number of allylic oxidation sites excluding steroid dienone is 3. The van der Waals surface area contributed by atoms with Gasteiger partial charge in [-0.05, 0) is 78.1 Å². The summed E-state index contributed by atoms with van der Waals surface area (Å²) in [6.45, 7) is 8.88. The Hall–Kier alpha value is -2.97. The highest BCUT2D eigenvalue weighted by atomic mass is 32.1. The zero-order valence-electron chi connectivity index (χ0n) is 24.4. The number of fused-ring (bicyclic) bond motifs is 2. The van der Waals surface area contributed by atoms with Crippen LogP contribution >= 0.6 is 11.3 Å². The summed E-state index contributed by atoms with van der Waals surface area (Å²) in [6.07, 6.45) is 9.33. The minimum Gasteiger partial charge on any atom is -0.448 e. The van der Waals surface area contributed by atoms with Gasteiger partial charge < -0.3 is 19.3 Å². The lowest BCUT2D eigenvalue weighted by atomic mass is 9.81. The van der Waals surface area contributed by atoms with Crippen molar-refractivity contribution in [1.82, 2.24) is 14.8 Å². The van der Waals surface area contributed by atoms with Crippen molar-refractivity contribution in [3.8, 4) is 21.9 Å². The molecule has 1 saturated carbocycles. The Labute approximate surface area is 240 Å². The average molecular weight is 562 g/mol. The standard InChI is InChI=1S/C32H39N3O4S/c1-18-13-19(2)24(25(36)14-18)16-35-12-11-23-27(31(35)37)20(3)29-30(28(23)26-15-33-17-40-26)39-32(4,38-29)21-7-9-22(10-8-21)34(5)6/h13,15,17,21-22H,7-12,14,16H2,1-6H3/t21?,22?,32-/m0/s1. The van der Waals surface area contributed by atoms with E-state index in [1.807, 2.05) is 37.4 Å². The smallest absolute Gasteiger partial charge is 0.254 e. The molecule has 0 bridgehead atoms. The van der Waals surface area contributed by atoms with Gasteiger partial charge >= 0.3 is 0 Å². The summed E-state index contributed by atoms with van der Waals surface area (Å²) in [4.78, 5) is 36.5. The van der Waals surface area contributed by atoms with Crippen molar-refractivity contribution in [2.24, 2.45) is 5.92 Å². The third-order valence-electron chi connectivity index (χ3n) is 9.41. The molecule has 1 amide bonds. The van der Waals surface area contributed by atoms with Gasteiger partial charge in [-0.1, -0.05) is 11.6 Å². The number of Topliss-reactive ketones (excluding diaryl/α,β-unsaturated/α-hetero) is 1. The molecule has 1 atom stereocenters. The van der Waals surface area contributed by atoms with Crippen LogP contribution in [0.5, 0.6) is 11.5 Å². The molecule has 0 radical (unpaired) electrons. The first kappa shape index (κ1) is 27.2. The van der Waals surface area contributed by atoms with E-state index in [-0.39, 0.29) is 17.6 Å². The van der Waals surface area contributed by atoms with E-state index in [1.165, 1.54) is 0 Å². The maximum Gasteiger partial charge on any atom is 0.254 e. The van der Waals surface area contributed by atoms with Gasteiger partial charge in [0, 0.05) is 61.3 Å². The van der Waals surface area contributed by atoms with Crippen LogP contribution in [-0.2, 0) is 11.2 Å². The van der Waals surface area contributed by atoms with Gasteiger partial charge in [-0.2, -0.15) is 0 Å². The third-order valence-corrected chi connectivity index (χ3v) is 10.2. The molecule has 0 saturated heterocycles. The molecule has 2 aliphatic carbocycles. The molecule has 1 aromatic carbocycles. The number of ether oxygens (including phenoxy) is 2. The van der Waals surface area contributed by atoms with E-state index in [1.54, 1.807) is 11.3 Å². The Balaban J connectivity index is 1.37. The summed E-state index contributed by atoms with van der Waals surface area (Å²) in [7, 11) is 4.31. The summed E-state index contributed by atoms with van der Waals surface area (Å²) in [5, 5.41) is 0. The minimum atomic E-state index is -0.781. The number of carbonyl (C=O) groups is 2. The van der Waals surface area contributed by atoms with Gasteiger partial charge in [-0.3, -0.25) is 14.6 Å². The summed E-state index contributed by atoms with van der Waals surface area (Å²) < 4.78 is 13.6. The fraction of sp³-hybridized carbons (Fsp3) is 0.531. The van der Waals surface area contributed by atoms with Crippen LogP contribution in [0.15, 0.2) is 34.5 Å². The number of benzene rings is 1. The van der Waals surface area contributed by atoms with Crippen molar-refractivity contribution in [2.75, 3.05) is 27.2 Å². The number of hydrogen-bond acceptors (Lipinski definition) is 7. The summed E-state index contributed by atoms with van der Waals surface area (Å²) in [6, 6.07) is 0.586. The first-order valence-electron chi connectivity index (χ1n) is 14.4. The van der Waals surface area contributed by atoms with Crippen LogP contribution in [0.4, 0.5) is 0 Å². The van der Waals surface area contributed by atoms with E-state index in [2.05, 4.69) is 37.0 Å². The van der Waals surface area contributed by atoms with Crippen molar-refractivity contribution in [1.29, 1.82) is 0 Å². The topological polar surface area (TPSA) is 72.0 Å². The molecule has 2 aliphatic heterocycles. The normalized spacial score (nSPS) is 26.5. The van der Waals surface area contributed by atoms with E-state index >= 15 is 0 Å². The molecule has 6 rings (SSSR count). The highest BCUT2D eigenvalue weighted by Crippen LogP contribution is 2.55. The van der Waals surface area contributed by atoms with Gasteiger partial charge in [0.1, 0.15) is 0 Å². The molecule has 0 N–H and O–H groups in total. The number of amides is 1. The Morgan fingerprint density at radius 1 is 1.07 bits per heavy atom. The van der Waals surface area contributed by atoms with Gasteiger partial charge in [-0.25, -0.2) is 0 Å². The number of carbonyl (C=O) groups excluding carboxylic acids is 2. The predicted octanol–water partition coefficient (Wildman–Crippen LogP) is 5.96. The van der Waals surface area contributed by atoms with E-state index < -0.39 is 5.79 Å². The lowest BCUT2D eigenvalue weighted by Crippen LogP contribution is -2.46. The van der Waals surface area contributed by atoms with Crippen LogP contribution < -0.4 is 9.47 Å². The molecule has 4 aliphatic rings. The molecule has 0 spiro atoms. The van der Waals surface area contributed by atoms with Crippen LogP contribution in [0.25, 0.3) is 10.4 Å². The SMILES string of the molecule is CC1=CC(C)=C(CN2CCc3c(c(C)c4c(c3-c3cncs3)O[C@@](C)(C3CCC(N(C)C)CC3)O4)C2=O)C(=O)C1. The Morgan fingerprint density at radius 3 is 2.45 bits per heavy atom. The Bertz CT molecular complexity index is 1430. The number of hydrogen-bond donors (Lipinski definition) is 0. The molecule has 3 heterocycles. The van der Waals surface area contributed by atoms with E-state index in [9.17, 15) is 9.59 Å². The molecule has 1 aromatic heterocycles. The zero-order valence-corrected chi connectivity index (χ0v) is 25.2. The fourth-order valence-electron chi connectivity index (χ4n) is 7.10. The monoisotopic (exact) mass is 561 g/mol. The van der Waals surface area contributed by atoms with Crippen LogP contribution in [0.3, 0.4) is 0 Å². The van der Waals surface area contributed by atoms with Crippen LogP contribution in [0.1, 0.15) is 74.4 Å². The van der Waals surface area contributed by atoms with E-state index in [0.29, 0.717) is 43.3 Å². The van der Waals surface area contributed by atoms with Crippen LogP contribution in [0, 0.1) is 12.8 Å². The highest BCUT2D eigenvalue weighted by molar-refractivity contribution is 7.13. The van der Waals surface area contributed by atoms with Crippen LogP contribution in [0.2, 0.25) is 0 Å². The lowest BCUT2D eigenvalue weighted by Gasteiger charge is -2.39. The largest absolute Gasteiger partial charge is 0.448 e. The molecular formula is C32H39N3O4S. The van der Waals surface area contributed by atoms with Crippen molar-refractivity contribution >= 4 is 23.0 Å². The van der Waals surface area contributed by atoms with Gasteiger partial charge in [0.25, 0.3) is 11.7 Å². The average Bonchev–Trinajstić information content (AvgIpc) is 3.56. The summed E-state index contributed by atoms with van der Waals surface area (Å²) in [5.74, 6) is 0.978. The highest BCUT2D eigenvalue weighted by Gasteiger charge is 2.49. The second kappa shape index (κ2) is 10.1. The second-order valence-electron chi connectivity index (χ2n) is 12.3. The quantitative estimate of drug-likeness (QED) is 0.449. The molecule has 1 fully saturated rings. The van der Waals surface area contributed by atoms with Gasteiger partial charge in [-0.15, -0.1) is 11.3 Å². The number of rotatable bonds is 5. The first-order valence-corrected chi connectivity index (χ1v) is 15.3. The van der Waals surface area contributed by atoms with E-state index in [0.717, 1.165) is 69.7 Å². The molecule has 40 heavy (non-hydrogen) atoms. The first-order chi connectivity index (χ1) is 19.1. The third kappa shape index (κ3) is 4.49. The number of ketones is 1. The van der Waals surface area contributed by atoms with Crippen molar-refractivity contribution < 1.29 is 19.1 Å². The Kier molecular flexibility index (Phi) is 6.90. The van der Waals surface area contributed by atoms with Crippen molar-refractivity contribution in [2.45, 2.75) is 78.0 Å². The van der Waals surface area contributed by atoms with Gasteiger partial charge in [0.2, 0.25) is 0 Å². The number of thiazole rings is 1. The molecule has 2 aromatic rings. The van der Waals surface area contributed by atoms with Crippen molar-refractivity contribution in [3.63, 3.8) is 0 Å². The number of aromatic nitrogens is 1. The second-order valence-corrected chi connectivity index (χ2v) is 13.2. The van der Waals surface area contributed by atoms with Gasteiger partial charge in [0.05, 0.1) is 16.0 Å².